The molecule has 2 N–H and O–H groups in total. The van der Waals surface area contributed by atoms with Crippen molar-refractivity contribution in [3.63, 3.8) is 0 Å². The Bertz CT molecular complexity index is 407. The van der Waals surface area contributed by atoms with Crippen molar-refractivity contribution in [1.29, 1.82) is 0 Å². The van der Waals surface area contributed by atoms with E-state index in [2.05, 4.69) is 4.98 Å². The minimum atomic E-state index is 0.668. The molecule has 0 saturated heterocycles. The van der Waals surface area contributed by atoms with Gasteiger partial charge in [0.25, 0.3) is 0 Å². The first-order valence-corrected chi connectivity index (χ1v) is 4.02. The van der Waals surface area contributed by atoms with Gasteiger partial charge in [0.15, 0.2) is 0 Å². The molecule has 3 nitrogen and oxygen atoms in total. The van der Waals surface area contributed by atoms with Crippen molar-refractivity contribution < 1.29 is 4.42 Å². The molecule has 0 fully saturated rings. The number of hydrogen-bond donors (Lipinski definition) is 1. The first-order valence-electron chi connectivity index (χ1n) is 4.02. The predicted octanol–water partition coefficient (Wildman–Crippen LogP) is 2.23. The minimum Gasteiger partial charge on any atom is -0.472 e. The smallest absolute Gasteiger partial charge is 0.0981 e. The van der Waals surface area contributed by atoms with Crippen LogP contribution in [0.5, 0.6) is 0 Å². The van der Waals surface area contributed by atoms with Crippen LogP contribution in [0.25, 0.3) is 11.1 Å². The average Bonchev–Trinajstić information content (AvgIpc) is 2.61. The molecular weight excluding hydrogens is 164 g/mol. The first kappa shape index (κ1) is 7.86. The van der Waals surface area contributed by atoms with Crippen molar-refractivity contribution in [1.82, 2.24) is 4.98 Å². The molecule has 0 saturated carbocycles. The van der Waals surface area contributed by atoms with Crippen molar-refractivity contribution in [3.05, 3.63) is 36.5 Å². The standard InChI is InChI=1S/C10H10N2O/c1-7-10(4-9(11)5-12-7)8-2-3-13-6-8/h2-6H,11H2,1H3. The Morgan fingerprint density at radius 1 is 1.46 bits per heavy atom. The van der Waals surface area contributed by atoms with E-state index >= 15 is 0 Å². The lowest BCUT2D eigenvalue weighted by atomic mass is 10.1. The normalized spacial score (nSPS) is 10.2. The molecule has 0 aliphatic carbocycles. The molecule has 2 rings (SSSR count). The van der Waals surface area contributed by atoms with Crippen LogP contribution >= 0.6 is 0 Å². The van der Waals surface area contributed by atoms with Crippen LogP contribution < -0.4 is 5.73 Å². The number of furan rings is 1. The van der Waals surface area contributed by atoms with Gasteiger partial charge in [-0.25, -0.2) is 0 Å². The van der Waals surface area contributed by atoms with Gasteiger partial charge in [0.05, 0.1) is 24.4 Å². The molecule has 0 atom stereocenters. The second-order valence-corrected chi connectivity index (χ2v) is 2.91. The maximum atomic E-state index is 5.64. The Hall–Kier alpha value is -1.77. The fourth-order valence-electron chi connectivity index (χ4n) is 1.26. The van der Waals surface area contributed by atoms with E-state index in [0.29, 0.717) is 5.69 Å². The molecule has 2 aromatic heterocycles. The molecule has 66 valence electrons. The van der Waals surface area contributed by atoms with Crippen LogP contribution in [0.4, 0.5) is 5.69 Å². The van der Waals surface area contributed by atoms with Gasteiger partial charge in [0.2, 0.25) is 0 Å². The van der Waals surface area contributed by atoms with Gasteiger partial charge in [0.1, 0.15) is 0 Å². The van der Waals surface area contributed by atoms with E-state index in [1.165, 1.54) is 0 Å². The number of hydrogen-bond acceptors (Lipinski definition) is 3. The number of nitrogen functional groups attached to an aromatic ring is 1. The summed E-state index contributed by atoms with van der Waals surface area (Å²) in [6, 6.07) is 3.79. The van der Waals surface area contributed by atoms with Gasteiger partial charge in [0, 0.05) is 16.8 Å². The van der Waals surface area contributed by atoms with Crippen LogP contribution in [-0.4, -0.2) is 4.98 Å². The van der Waals surface area contributed by atoms with E-state index in [0.717, 1.165) is 16.8 Å². The summed E-state index contributed by atoms with van der Waals surface area (Å²) in [7, 11) is 0. The van der Waals surface area contributed by atoms with E-state index in [9.17, 15) is 0 Å². The van der Waals surface area contributed by atoms with Crippen molar-refractivity contribution >= 4 is 5.69 Å². The highest BCUT2D eigenvalue weighted by Gasteiger charge is 2.03. The Morgan fingerprint density at radius 3 is 3.00 bits per heavy atom. The zero-order valence-corrected chi connectivity index (χ0v) is 7.32. The quantitative estimate of drug-likeness (QED) is 0.721. The summed E-state index contributed by atoms with van der Waals surface area (Å²) in [6.45, 7) is 1.95. The maximum absolute atomic E-state index is 5.64. The van der Waals surface area contributed by atoms with Crippen molar-refractivity contribution in [2.45, 2.75) is 6.92 Å². The van der Waals surface area contributed by atoms with Crippen LogP contribution in [0.15, 0.2) is 35.3 Å². The fraction of sp³-hybridized carbons (Fsp3) is 0.100. The number of rotatable bonds is 1. The first-order chi connectivity index (χ1) is 6.27. The third kappa shape index (κ3) is 1.40. The summed E-state index contributed by atoms with van der Waals surface area (Å²) in [5.41, 5.74) is 9.30. The van der Waals surface area contributed by atoms with Gasteiger partial charge >= 0.3 is 0 Å². The van der Waals surface area contributed by atoms with Crippen molar-refractivity contribution in [2.75, 3.05) is 5.73 Å². The molecule has 0 aromatic carbocycles. The Balaban J connectivity index is 2.57. The van der Waals surface area contributed by atoms with Crippen molar-refractivity contribution in [2.24, 2.45) is 0 Å². The molecule has 0 radical (unpaired) electrons. The van der Waals surface area contributed by atoms with Gasteiger partial charge in [-0.2, -0.15) is 0 Å². The zero-order valence-electron chi connectivity index (χ0n) is 7.32. The molecule has 13 heavy (non-hydrogen) atoms. The summed E-state index contributed by atoms with van der Waals surface area (Å²) in [5.74, 6) is 0. The van der Waals surface area contributed by atoms with Gasteiger partial charge in [-0.3, -0.25) is 4.98 Å². The monoisotopic (exact) mass is 174 g/mol. The highest BCUT2D eigenvalue weighted by Crippen LogP contribution is 2.23. The number of aromatic nitrogens is 1. The number of pyridine rings is 1. The second-order valence-electron chi connectivity index (χ2n) is 2.91. The highest BCUT2D eigenvalue weighted by molar-refractivity contribution is 5.67. The van der Waals surface area contributed by atoms with E-state index in [4.69, 9.17) is 10.2 Å². The highest BCUT2D eigenvalue weighted by atomic mass is 16.3. The molecule has 0 aliphatic heterocycles. The number of aryl methyl sites for hydroxylation is 1. The van der Waals surface area contributed by atoms with E-state index in [-0.39, 0.29) is 0 Å². The summed E-state index contributed by atoms with van der Waals surface area (Å²) >= 11 is 0. The van der Waals surface area contributed by atoms with Gasteiger partial charge in [-0.15, -0.1) is 0 Å². The third-order valence-electron chi connectivity index (χ3n) is 1.94. The number of anilines is 1. The molecule has 0 spiro atoms. The molecule has 2 heterocycles. The van der Waals surface area contributed by atoms with Crippen LogP contribution in [0.3, 0.4) is 0 Å². The molecule has 2 aromatic rings. The van der Waals surface area contributed by atoms with E-state index in [1.54, 1.807) is 18.7 Å². The maximum Gasteiger partial charge on any atom is 0.0981 e. The summed E-state index contributed by atoms with van der Waals surface area (Å²) in [6.07, 6.45) is 4.97. The summed E-state index contributed by atoms with van der Waals surface area (Å²) in [4.78, 5) is 4.17. The molecule has 0 bridgehead atoms. The number of nitrogens with two attached hydrogens (primary N) is 1. The minimum absolute atomic E-state index is 0.668. The number of nitrogens with zero attached hydrogens (tertiary/aromatic N) is 1. The molecule has 0 aliphatic rings. The average molecular weight is 174 g/mol. The Kier molecular flexibility index (Phi) is 1.77. The lowest BCUT2D eigenvalue weighted by Gasteiger charge is -2.02. The second kappa shape index (κ2) is 2.94. The lowest BCUT2D eigenvalue weighted by molar-refractivity contribution is 0.568. The van der Waals surface area contributed by atoms with Crippen LogP contribution in [0.2, 0.25) is 0 Å². The SMILES string of the molecule is Cc1ncc(N)cc1-c1ccoc1. The van der Waals surface area contributed by atoms with Gasteiger partial charge < -0.3 is 10.2 Å². The molecule has 3 heteroatoms. The van der Waals surface area contributed by atoms with Crippen LogP contribution in [-0.2, 0) is 0 Å². The Morgan fingerprint density at radius 2 is 2.31 bits per heavy atom. The third-order valence-corrected chi connectivity index (χ3v) is 1.94. The van der Waals surface area contributed by atoms with Crippen LogP contribution in [0.1, 0.15) is 5.69 Å². The van der Waals surface area contributed by atoms with Crippen LogP contribution in [0, 0.1) is 6.92 Å². The van der Waals surface area contributed by atoms with Gasteiger partial charge in [-0.05, 0) is 19.1 Å². The molecular formula is C10H10N2O. The zero-order chi connectivity index (χ0) is 9.26. The van der Waals surface area contributed by atoms with Crippen molar-refractivity contribution in [3.8, 4) is 11.1 Å². The topological polar surface area (TPSA) is 52.0 Å². The lowest BCUT2D eigenvalue weighted by Crippen LogP contribution is -1.91. The Labute approximate surface area is 76.2 Å². The predicted molar refractivity (Wildman–Crippen MR) is 51.1 cm³/mol. The van der Waals surface area contributed by atoms with E-state index in [1.807, 2.05) is 19.1 Å². The molecule has 0 amide bonds. The van der Waals surface area contributed by atoms with E-state index < -0.39 is 0 Å². The fourth-order valence-corrected chi connectivity index (χ4v) is 1.26. The summed E-state index contributed by atoms with van der Waals surface area (Å²) in [5, 5.41) is 0. The summed E-state index contributed by atoms with van der Waals surface area (Å²) < 4.78 is 5.00. The largest absolute Gasteiger partial charge is 0.472 e. The van der Waals surface area contributed by atoms with Gasteiger partial charge in [-0.1, -0.05) is 0 Å². The molecule has 0 unspecified atom stereocenters.